The Hall–Kier alpha value is -1.30. The maximum Gasteiger partial charge on any atom is 0.314 e. The van der Waals surface area contributed by atoms with Crippen molar-refractivity contribution in [2.75, 3.05) is 32.7 Å². The molecule has 1 fully saturated rings. The first-order chi connectivity index (χ1) is 8.63. The lowest BCUT2D eigenvalue weighted by atomic mass is 10.1. The molecule has 2 amide bonds. The lowest BCUT2D eigenvalue weighted by Crippen LogP contribution is -2.42. The molecule has 1 heterocycles. The van der Waals surface area contributed by atoms with Gasteiger partial charge in [0.2, 0.25) is 0 Å². The number of aliphatic carboxylic acids is 1. The number of likely N-dealkylation sites (tertiary alicyclic amines) is 1. The third-order valence-corrected chi connectivity index (χ3v) is 3.26. The standard InChI is InChI=1S/C12H23N3O3/c1-2-10(11(16)17)9-14-12(18)13-5-8-15-6-3-4-7-15/h10H,2-9H2,1H3,(H,16,17)(H2,13,14,18). The normalized spacial score (nSPS) is 17.4. The molecule has 0 aliphatic carbocycles. The van der Waals surface area contributed by atoms with Gasteiger partial charge in [0.25, 0.3) is 0 Å². The first-order valence-electron chi connectivity index (χ1n) is 6.60. The molecule has 1 aliphatic heterocycles. The SMILES string of the molecule is CCC(CNC(=O)NCCN1CCCC1)C(=O)O. The number of amides is 2. The molecule has 6 heteroatoms. The molecule has 0 bridgehead atoms. The molecular weight excluding hydrogens is 234 g/mol. The van der Waals surface area contributed by atoms with Gasteiger partial charge in [0, 0.05) is 19.6 Å². The minimum absolute atomic E-state index is 0.182. The van der Waals surface area contributed by atoms with Crippen molar-refractivity contribution in [3.8, 4) is 0 Å². The van der Waals surface area contributed by atoms with Gasteiger partial charge in [0.05, 0.1) is 5.92 Å². The molecule has 1 aliphatic rings. The van der Waals surface area contributed by atoms with Crippen LogP contribution in [0.5, 0.6) is 0 Å². The van der Waals surface area contributed by atoms with Gasteiger partial charge in [-0.15, -0.1) is 0 Å². The van der Waals surface area contributed by atoms with Crippen LogP contribution in [0.4, 0.5) is 4.79 Å². The fourth-order valence-corrected chi connectivity index (χ4v) is 2.02. The van der Waals surface area contributed by atoms with Crippen LogP contribution in [0.15, 0.2) is 0 Å². The highest BCUT2D eigenvalue weighted by molar-refractivity contribution is 5.75. The average molecular weight is 257 g/mol. The van der Waals surface area contributed by atoms with Crippen LogP contribution < -0.4 is 10.6 Å². The number of nitrogens with one attached hydrogen (secondary N) is 2. The van der Waals surface area contributed by atoms with Crippen LogP contribution in [-0.4, -0.2) is 54.7 Å². The molecule has 0 saturated carbocycles. The number of hydrogen-bond donors (Lipinski definition) is 3. The largest absolute Gasteiger partial charge is 0.481 e. The highest BCUT2D eigenvalue weighted by Crippen LogP contribution is 2.05. The Morgan fingerprint density at radius 1 is 1.28 bits per heavy atom. The van der Waals surface area contributed by atoms with E-state index < -0.39 is 11.9 Å². The van der Waals surface area contributed by atoms with Crippen LogP contribution >= 0.6 is 0 Å². The summed E-state index contributed by atoms with van der Waals surface area (Å²) in [6, 6.07) is -0.283. The molecule has 104 valence electrons. The number of hydrogen-bond acceptors (Lipinski definition) is 3. The molecule has 0 aromatic heterocycles. The average Bonchev–Trinajstić information content (AvgIpc) is 2.82. The van der Waals surface area contributed by atoms with E-state index in [1.165, 1.54) is 12.8 Å². The fourth-order valence-electron chi connectivity index (χ4n) is 2.02. The zero-order valence-corrected chi connectivity index (χ0v) is 10.9. The van der Waals surface area contributed by atoms with Crippen molar-refractivity contribution < 1.29 is 14.7 Å². The second-order valence-corrected chi connectivity index (χ2v) is 4.63. The van der Waals surface area contributed by atoms with E-state index >= 15 is 0 Å². The lowest BCUT2D eigenvalue weighted by Gasteiger charge is -2.15. The predicted octanol–water partition coefficient (Wildman–Crippen LogP) is 0.492. The summed E-state index contributed by atoms with van der Waals surface area (Å²) in [4.78, 5) is 24.5. The van der Waals surface area contributed by atoms with Crippen LogP contribution in [-0.2, 0) is 4.79 Å². The van der Waals surface area contributed by atoms with Gasteiger partial charge in [-0.05, 0) is 32.4 Å². The van der Waals surface area contributed by atoms with E-state index in [0.717, 1.165) is 19.6 Å². The molecule has 1 rings (SSSR count). The van der Waals surface area contributed by atoms with Crippen molar-refractivity contribution in [1.29, 1.82) is 0 Å². The topological polar surface area (TPSA) is 81.7 Å². The fraction of sp³-hybridized carbons (Fsp3) is 0.833. The molecule has 0 aromatic carbocycles. The number of carbonyl (C=O) groups excluding carboxylic acids is 1. The quantitative estimate of drug-likeness (QED) is 0.620. The summed E-state index contributed by atoms with van der Waals surface area (Å²) in [6.45, 7) is 5.67. The van der Waals surface area contributed by atoms with Crippen molar-refractivity contribution in [2.24, 2.45) is 5.92 Å². The van der Waals surface area contributed by atoms with Crippen molar-refractivity contribution in [2.45, 2.75) is 26.2 Å². The minimum atomic E-state index is -0.866. The molecule has 6 nitrogen and oxygen atoms in total. The summed E-state index contributed by atoms with van der Waals surface area (Å²) in [5, 5.41) is 14.2. The molecule has 1 unspecified atom stereocenters. The Labute approximate surface area is 108 Å². The molecule has 3 N–H and O–H groups in total. The molecule has 0 spiro atoms. The Kier molecular flexibility index (Phi) is 6.49. The van der Waals surface area contributed by atoms with Crippen LogP contribution in [0, 0.1) is 5.92 Å². The second-order valence-electron chi connectivity index (χ2n) is 4.63. The minimum Gasteiger partial charge on any atom is -0.481 e. The summed E-state index contributed by atoms with van der Waals surface area (Å²) >= 11 is 0. The van der Waals surface area contributed by atoms with Gasteiger partial charge >= 0.3 is 12.0 Å². The van der Waals surface area contributed by atoms with E-state index in [4.69, 9.17) is 5.11 Å². The molecule has 0 radical (unpaired) electrons. The Morgan fingerprint density at radius 2 is 1.94 bits per heavy atom. The monoisotopic (exact) mass is 257 g/mol. The zero-order chi connectivity index (χ0) is 13.4. The Bertz CT molecular complexity index is 278. The van der Waals surface area contributed by atoms with Crippen molar-refractivity contribution >= 4 is 12.0 Å². The molecule has 1 atom stereocenters. The highest BCUT2D eigenvalue weighted by atomic mass is 16.4. The van der Waals surface area contributed by atoms with Crippen LogP contribution in [0.3, 0.4) is 0 Å². The van der Waals surface area contributed by atoms with Gasteiger partial charge in [-0.25, -0.2) is 4.79 Å². The molecule has 1 saturated heterocycles. The van der Waals surface area contributed by atoms with Crippen LogP contribution in [0.1, 0.15) is 26.2 Å². The van der Waals surface area contributed by atoms with E-state index in [2.05, 4.69) is 15.5 Å². The smallest absolute Gasteiger partial charge is 0.314 e. The van der Waals surface area contributed by atoms with Gasteiger partial charge < -0.3 is 20.6 Å². The van der Waals surface area contributed by atoms with E-state index in [0.29, 0.717) is 13.0 Å². The van der Waals surface area contributed by atoms with Gasteiger partial charge in [-0.1, -0.05) is 6.92 Å². The summed E-state index contributed by atoms with van der Waals surface area (Å²) in [6.07, 6.45) is 3.00. The van der Waals surface area contributed by atoms with E-state index in [1.54, 1.807) is 6.92 Å². The lowest BCUT2D eigenvalue weighted by molar-refractivity contribution is -0.141. The summed E-state index contributed by atoms with van der Waals surface area (Å²) < 4.78 is 0. The first kappa shape index (κ1) is 14.8. The third kappa shape index (κ3) is 5.35. The first-order valence-corrected chi connectivity index (χ1v) is 6.60. The summed E-state index contributed by atoms with van der Waals surface area (Å²) in [5.41, 5.74) is 0. The van der Waals surface area contributed by atoms with E-state index in [9.17, 15) is 9.59 Å². The number of carbonyl (C=O) groups is 2. The number of carboxylic acid groups (broad SMARTS) is 1. The zero-order valence-electron chi connectivity index (χ0n) is 10.9. The van der Waals surface area contributed by atoms with E-state index in [1.807, 2.05) is 0 Å². The van der Waals surface area contributed by atoms with Crippen molar-refractivity contribution in [1.82, 2.24) is 15.5 Å². The Morgan fingerprint density at radius 3 is 2.50 bits per heavy atom. The Balaban J connectivity index is 2.07. The van der Waals surface area contributed by atoms with Gasteiger partial charge in [-0.3, -0.25) is 4.79 Å². The van der Waals surface area contributed by atoms with Crippen molar-refractivity contribution in [3.63, 3.8) is 0 Å². The van der Waals surface area contributed by atoms with Crippen molar-refractivity contribution in [3.05, 3.63) is 0 Å². The van der Waals surface area contributed by atoms with Gasteiger partial charge in [0.1, 0.15) is 0 Å². The highest BCUT2D eigenvalue weighted by Gasteiger charge is 2.16. The maximum atomic E-state index is 11.4. The number of rotatable bonds is 7. The number of nitrogens with zero attached hydrogens (tertiary/aromatic N) is 1. The maximum absolute atomic E-state index is 11.4. The summed E-state index contributed by atoms with van der Waals surface area (Å²) in [7, 11) is 0. The molecular formula is C12H23N3O3. The molecule has 18 heavy (non-hydrogen) atoms. The van der Waals surface area contributed by atoms with Gasteiger partial charge in [-0.2, -0.15) is 0 Å². The van der Waals surface area contributed by atoms with Crippen LogP contribution in [0.25, 0.3) is 0 Å². The van der Waals surface area contributed by atoms with Gasteiger partial charge in [0.15, 0.2) is 0 Å². The van der Waals surface area contributed by atoms with Crippen LogP contribution in [0.2, 0.25) is 0 Å². The van der Waals surface area contributed by atoms with E-state index in [-0.39, 0.29) is 12.6 Å². The third-order valence-electron chi connectivity index (χ3n) is 3.26. The number of urea groups is 1. The number of carboxylic acids is 1. The molecule has 0 aromatic rings. The predicted molar refractivity (Wildman–Crippen MR) is 68.5 cm³/mol. The summed E-state index contributed by atoms with van der Waals surface area (Å²) in [5.74, 6) is -1.37. The second kappa shape index (κ2) is 7.92.